The second-order valence-corrected chi connectivity index (χ2v) is 4.14. The van der Waals surface area contributed by atoms with Crippen LogP contribution in [0.2, 0.25) is 0 Å². The number of alkyl halides is 3. The van der Waals surface area contributed by atoms with E-state index in [1.54, 1.807) is 0 Å². The number of ether oxygens (including phenoxy) is 2. The fourth-order valence-electron chi connectivity index (χ4n) is 1.63. The standard InChI is InChI=1S/C9H15NO4.C2HF3O2/c1-13-8(11)6-3-7(5-10-4-6)9(12)14-2;3-2(4,5)1(6)7/h6-7,10H,3-5H2,1-2H3;(H,6,7)/t6-,7+;. The number of carboxylic acids is 1. The number of halogens is 3. The van der Waals surface area contributed by atoms with Crippen molar-refractivity contribution in [3.05, 3.63) is 0 Å². The van der Waals surface area contributed by atoms with Crippen LogP contribution in [0.4, 0.5) is 13.2 Å². The fraction of sp³-hybridized carbons (Fsp3) is 0.727. The minimum atomic E-state index is -5.08. The molecule has 7 nitrogen and oxygen atoms in total. The average molecular weight is 315 g/mol. The van der Waals surface area contributed by atoms with Gasteiger partial charge in [-0.2, -0.15) is 13.2 Å². The van der Waals surface area contributed by atoms with Gasteiger partial charge >= 0.3 is 24.1 Å². The van der Waals surface area contributed by atoms with Crippen molar-refractivity contribution in [2.45, 2.75) is 12.6 Å². The third kappa shape index (κ3) is 6.93. The van der Waals surface area contributed by atoms with Crippen molar-refractivity contribution in [3.8, 4) is 0 Å². The minimum Gasteiger partial charge on any atom is -0.475 e. The maximum Gasteiger partial charge on any atom is 0.490 e. The quantitative estimate of drug-likeness (QED) is 0.701. The molecule has 1 saturated heterocycles. The monoisotopic (exact) mass is 315 g/mol. The summed E-state index contributed by atoms with van der Waals surface area (Å²) in [4.78, 5) is 31.3. The Morgan fingerprint density at radius 1 is 1.05 bits per heavy atom. The number of rotatable bonds is 2. The van der Waals surface area contributed by atoms with E-state index in [0.29, 0.717) is 19.5 Å². The Kier molecular flexibility index (Phi) is 7.71. The van der Waals surface area contributed by atoms with Crippen molar-refractivity contribution < 1.29 is 42.1 Å². The summed E-state index contributed by atoms with van der Waals surface area (Å²) in [7, 11) is 2.70. The molecule has 10 heteroatoms. The number of piperidine rings is 1. The van der Waals surface area contributed by atoms with Gasteiger partial charge in [-0.3, -0.25) is 9.59 Å². The normalized spacial score (nSPS) is 21.6. The van der Waals surface area contributed by atoms with Gasteiger partial charge in [0.05, 0.1) is 26.1 Å². The number of hydrogen-bond acceptors (Lipinski definition) is 6. The first-order valence-electron chi connectivity index (χ1n) is 5.80. The van der Waals surface area contributed by atoms with E-state index in [1.165, 1.54) is 14.2 Å². The summed E-state index contributed by atoms with van der Waals surface area (Å²) in [6, 6.07) is 0. The molecule has 1 aliphatic heterocycles. The highest BCUT2D eigenvalue weighted by Gasteiger charge is 2.38. The summed E-state index contributed by atoms with van der Waals surface area (Å²) in [6.07, 6.45) is -4.58. The number of carbonyl (C=O) groups excluding carboxylic acids is 2. The van der Waals surface area contributed by atoms with Gasteiger partial charge in [0.2, 0.25) is 0 Å². The zero-order valence-corrected chi connectivity index (χ0v) is 11.4. The molecule has 0 amide bonds. The third-order valence-electron chi connectivity index (χ3n) is 2.66. The van der Waals surface area contributed by atoms with Crippen LogP contribution in [0.5, 0.6) is 0 Å². The molecule has 2 atom stereocenters. The summed E-state index contributed by atoms with van der Waals surface area (Å²) >= 11 is 0. The molecule has 1 rings (SSSR count). The van der Waals surface area contributed by atoms with E-state index in [4.69, 9.17) is 9.90 Å². The molecule has 1 aliphatic rings. The van der Waals surface area contributed by atoms with Crippen LogP contribution >= 0.6 is 0 Å². The smallest absolute Gasteiger partial charge is 0.475 e. The Bertz CT molecular complexity index is 363. The molecule has 0 aliphatic carbocycles. The molecule has 0 aromatic heterocycles. The summed E-state index contributed by atoms with van der Waals surface area (Å²) in [5.74, 6) is -3.78. The van der Waals surface area contributed by atoms with Crippen LogP contribution in [-0.2, 0) is 23.9 Å². The van der Waals surface area contributed by atoms with Crippen molar-refractivity contribution in [2.24, 2.45) is 11.8 Å². The number of aliphatic carboxylic acids is 1. The molecule has 1 heterocycles. The van der Waals surface area contributed by atoms with Crippen molar-refractivity contribution >= 4 is 17.9 Å². The molecular formula is C11H16F3NO6. The fourth-order valence-corrected chi connectivity index (χ4v) is 1.63. The van der Waals surface area contributed by atoms with Gasteiger partial charge in [0.25, 0.3) is 0 Å². The molecule has 0 aromatic rings. The first kappa shape index (κ1) is 19.2. The molecule has 0 aromatic carbocycles. The van der Waals surface area contributed by atoms with E-state index in [9.17, 15) is 22.8 Å². The maximum absolute atomic E-state index is 11.2. The molecule has 0 bridgehead atoms. The van der Waals surface area contributed by atoms with Crippen LogP contribution in [0.1, 0.15) is 6.42 Å². The molecule has 122 valence electrons. The molecule has 21 heavy (non-hydrogen) atoms. The molecule has 0 unspecified atom stereocenters. The second kappa shape index (κ2) is 8.45. The number of carboxylic acid groups (broad SMARTS) is 1. The molecule has 1 fully saturated rings. The molecule has 2 N–H and O–H groups in total. The van der Waals surface area contributed by atoms with Gasteiger partial charge in [-0.1, -0.05) is 0 Å². The van der Waals surface area contributed by atoms with Crippen molar-refractivity contribution in [2.75, 3.05) is 27.3 Å². The first-order chi connectivity index (χ1) is 9.63. The largest absolute Gasteiger partial charge is 0.490 e. The molecule has 0 saturated carbocycles. The van der Waals surface area contributed by atoms with Gasteiger partial charge in [0.1, 0.15) is 0 Å². The molecular weight excluding hydrogens is 299 g/mol. The highest BCUT2D eigenvalue weighted by Crippen LogP contribution is 2.18. The lowest BCUT2D eigenvalue weighted by molar-refractivity contribution is -0.192. The first-order valence-corrected chi connectivity index (χ1v) is 5.80. The van der Waals surface area contributed by atoms with Crippen LogP contribution in [-0.4, -0.2) is 56.5 Å². The van der Waals surface area contributed by atoms with Gasteiger partial charge in [0.15, 0.2) is 0 Å². The van der Waals surface area contributed by atoms with E-state index in [1.807, 2.05) is 0 Å². The molecule has 0 spiro atoms. The van der Waals surface area contributed by atoms with Crippen molar-refractivity contribution in [1.82, 2.24) is 5.32 Å². The summed E-state index contributed by atoms with van der Waals surface area (Å²) in [5, 5.41) is 10.1. The van der Waals surface area contributed by atoms with Crippen LogP contribution in [0.15, 0.2) is 0 Å². The third-order valence-corrected chi connectivity index (χ3v) is 2.66. The predicted molar refractivity (Wildman–Crippen MR) is 62.2 cm³/mol. The Hall–Kier alpha value is -1.84. The number of hydrogen-bond donors (Lipinski definition) is 2. The van der Waals surface area contributed by atoms with Crippen molar-refractivity contribution in [3.63, 3.8) is 0 Å². The number of carbonyl (C=O) groups is 3. The number of esters is 2. The van der Waals surface area contributed by atoms with Gasteiger partial charge in [0, 0.05) is 13.1 Å². The highest BCUT2D eigenvalue weighted by molar-refractivity contribution is 5.76. The van der Waals surface area contributed by atoms with E-state index in [2.05, 4.69) is 14.8 Å². The Labute approximate surface area is 118 Å². The van der Waals surface area contributed by atoms with Crippen LogP contribution in [0.3, 0.4) is 0 Å². The van der Waals surface area contributed by atoms with E-state index >= 15 is 0 Å². The zero-order chi connectivity index (χ0) is 16.6. The lowest BCUT2D eigenvalue weighted by atomic mass is 9.90. The van der Waals surface area contributed by atoms with E-state index in [0.717, 1.165) is 0 Å². The van der Waals surface area contributed by atoms with E-state index < -0.39 is 12.1 Å². The maximum atomic E-state index is 11.2. The van der Waals surface area contributed by atoms with Gasteiger partial charge in [-0.15, -0.1) is 0 Å². The Morgan fingerprint density at radius 3 is 1.62 bits per heavy atom. The topological polar surface area (TPSA) is 102 Å². The minimum absolute atomic E-state index is 0.238. The lowest BCUT2D eigenvalue weighted by Crippen LogP contribution is -2.43. The highest BCUT2D eigenvalue weighted by atomic mass is 19.4. The Balaban J connectivity index is 0.000000486. The summed E-state index contributed by atoms with van der Waals surface area (Å²) < 4.78 is 41.0. The van der Waals surface area contributed by atoms with Gasteiger partial charge in [-0.25, -0.2) is 4.79 Å². The summed E-state index contributed by atoms with van der Waals surface area (Å²) in [6.45, 7) is 1.14. The Morgan fingerprint density at radius 2 is 1.38 bits per heavy atom. The average Bonchev–Trinajstić information content (AvgIpc) is 2.45. The number of methoxy groups -OCH3 is 2. The summed E-state index contributed by atoms with van der Waals surface area (Å²) in [5.41, 5.74) is 0. The molecule has 0 radical (unpaired) electrons. The van der Waals surface area contributed by atoms with Gasteiger partial charge in [-0.05, 0) is 6.42 Å². The number of nitrogens with one attached hydrogen (secondary N) is 1. The lowest BCUT2D eigenvalue weighted by Gasteiger charge is -2.26. The van der Waals surface area contributed by atoms with Crippen molar-refractivity contribution in [1.29, 1.82) is 0 Å². The van der Waals surface area contributed by atoms with E-state index in [-0.39, 0.29) is 23.8 Å². The SMILES string of the molecule is COC(=O)[C@@H]1CNC[C@H](C(=O)OC)C1.O=C(O)C(F)(F)F. The van der Waals surface area contributed by atoms with Crippen LogP contribution in [0.25, 0.3) is 0 Å². The predicted octanol–water partition coefficient (Wildman–Crippen LogP) is 0.191. The van der Waals surface area contributed by atoms with Crippen LogP contribution < -0.4 is 5.32 Å². The van der Waals surface area contributed by atoms with Gasteiger partial charge < -0.3 is 19.9 Å². The van der Waals surface area contributed by atoms with Crippen LogP contribution in [0, 0.1) is 11.8 Å². The zero-order valence-electron chi connectivity index (χ0n) is 11.4. The second-order valence-electron chi connectivity index (χ2n) is 4.14.